The van der Waals surface area contributed by atoms with Crippen molar-refractivity contribution in [3.05, 3.63) is 58.0 Å². The van der Waals surface area contributed by atoms with Crippen LogP contribution in [0.1, 0.15) is 35.4 Å². The summed E-state index contributed by atoms with van der Waals surface area (Å²) >= 11 is 0. The Labute approximate surface area is 122 Å². The van der Waals surface area contributed by atoms with Gasteiger partial charge in [0.1, 0.15) is 11.4 Å². The van der Waals surface area contributed by atoms with Crippen molar-refractivity contribution in [2.24, 2.45) is 0 Å². The molecular weight excluding hydrogens is 270 g/mol. The van der Waals surface area contributed by atoms with E-state index in [1.807, 2.05) is 31.2 Å². The molecule has 6 nitrogen and oxygen atoms in total. The average molecular weight is 287 g/mol. The number of para-hydroxylation sites is 1. The van der Waals surface area contributed by atoms with Gasteiger partial charge in [-0.25, -0.2) is 5.10 Å². The standard InChI is InChI=1S/C15H17N3O3/c1-3-11(10-6-4-5-7-13(10)21-2)16-15(20)12-8-9-14(19)18-17-12/h4-9,11H,3H2,1-2H3,(H,16,20)(H,18,19). The second kappa shape index (κ2) is 6.69. The Balaban J connectivity index is 2.20. The number of carbonyl (C=O) groups is 1. The van der Waals surface area contributed by atoms with Gasteiger partial charge in [-0.3, -0.25) is 9.59 Å². The first-order valence-corrected chi connectivity index (χ1v) is 6.65. The third-order valence-corrected chi connectivity index (χ3v) is 3.14. The summed E-state index contributed by atoms with van der Waals surface area (Å²) < 4.78 is 5.32. The molecule has 0 spiro atoms. The lowest BCUT2D eigenvalue weighted by atomic mass is 10.0. The molecule has 0 radical (unpaired) electrons. The first-order chi connectivity index (χ1) is 10.2. The Morgan fingerprint density at radius 1 is 1.33 bits per heavy atom. The molecule has 0 saturated carbocycles. The van der Waals surface area contributed by atoms with Gasteiger partial charge in [-0.05, 0) is 18.6 Å². The van der Waals surface area contributed by atoms with Crippen LogP contribution in [0.2, 0.25) is 0 Å². The smallest absolute Gasteiger partial charge is 0.272 e. The van der Waals surface area contributed by atoms with Gasteiger partial charge in [-0.2, -0.15) is 5.10 Å². The molecule has 0 aliphatic carbocycles. The molecule has 0 bridgehead atoms. The van der Waals surface area contributed by atoms with Crippen LogP contribution in [0.5, 0.6) is 5.75 Å². The molecule has 2 N–H and O–H groups in total. The van der Waals surface area contributed by atoms with Crippen molar-refractivity contribution in [2.45, 2.75) is 19.4 Å². The van der Waals surface area contributed by atoms with Gasteiger partial charge in [0, 0.05) is 11.6 Å². The van der Waals surface area contributed by atoms with Gasteiger partial charge in [0.25, 0.3) is 11.5 Å². The average Bonchev–Trinajstić information content (AvgIpc) is 2.53. The number of rotatable bonds is 5. The highest BCUT2D eigenvalue weighted by molar-refractivity contribution is 5.92. The van der Waals surface area contributed by atoms with Crippen molar-refractivity contribution in [1.82, 2.24) is 15.5 Å². The summed E-state index contributed by atoms with van der Waals surface area (Å²) in [6, 6.07) is 10.00. The number of aromatic nitrogens is 2. The highest BCUT2D eigenvalue weighted by Crippen LogP contribution is 2.26. The third-order valence-electron chi connectivity index (χ3n) is 3.14. The van der Waals surface area contributed by atoms with Gasteiger partial charge in [-0.15, -0.1) is 0 Å². The van der Waals surface area contributed by atoms with Crippen LogP contribution in [0.3, 0.4) is 0 Å². The highest BCUT2D eigenvalue weighted by atomic mass is 16.5. The fraction of sp³-hybridized carbons (Fsp3) is 0.267. The molecule has 0 aliphatic heterocycles. The molecule has 0 saturated heterocycles. The summed E-state index contributed by atoms with van der Waals surface area (Å²) in [5.74, 6) is 0.378. The molecule has 0 aliphatic rings. The van der Waals surface area contributed by atoms with E-state index in [2.05, 4.69) is 15.5 Å². The largest absolute Gasteiger partial charge is 0.496 e. The number of nitrogens with one attached hydrogen (secondary N) is 2. The first-order valence-electron chi connectivity index (χ1n) is 6.65. The minimum Gasteiger partial charge on any atom is -0.496 e. The van der Waals surface area contributed by atoms with Gasteiger partial charge in [0.15, 0.2) is 0 Å². The lowest BCUT2D eigenvalue weighted by molar-refractivity contribution is 0.0929. The molecule has 1 heterocycles. The Bertz CT molecular complexity index is 661. The van der Waals surface area contributed by atoms with E-state index >= 15 is 0 Å². The lowest BCUT2D eigenvalue weighted by Gasteiger charge is -2.19. The number of hydrogen-bond acceptors (Lipinski definition) is 4. The van der Waals surface area contributed by atoms with E-state index in [1.54, 1.807) is 7.11 Å². The van der Waals surface area contributed by atoms with E-state index in [0.717, 1.165) is 11.3 Å². The second-order valence-corrected chi connectivity index (χ2v) is 4.48. The number of hydrogen-bond donors (Lipinski definition) is 2. The molecule has 1 aromatic heterocycles. The van der Waals surface area contributed by atoms with Gasteiger partial charge < -0.3 is 10.1 Å². The van der Waals surface area contributed by atoms with Gasteiger partial charge in [0.2, 0.25) is 0 Å². The topological polar surface area (TPSA) is 84.1 Å². The zero-order valence-electron chi connectivity index (χ0n) is 11.9. The molecule has 2 aromatic rings. The first kappa shape index (κ1) is 14.8. The predicted octanol–water partition coefficient (Wildman–Crippen LogP) is 1.66. The minimum atomic E-state index is -0.344. The third kappa shape index (κ3) is 3.47. The zero-order valence-corrected chi connectivity index (χ0v) is 11.9. The second-order valence-electron chi connectivity index (χ2n) is 4.48. The van der Waals surface area contributed by atoms with Crippen LogP contribution in [0.4, 0.5) is 0 Å². The molecule has 2 rings (SSSR count). The molecule has 0 fully saturated rings. The number of aromatic amines is 1. The van der Waals surface area contributed by atoms with Crippen LogP contribution in [-0.4, -0.2) is 23.2 Å². The minimum absolute atomic E-state index is 0.169. The Morgan fingerprint density at radius 3 is 2.71 bits per heavy atom. The maximum atomic E-state index is 12.2. The summed E-state index contributed by atoms with van der Waals surface area (Å²) in [5.41, 5.74) is 0.728. The Hall–Kier alpha value is -2.63. The lowest BCUT2D eigenvalue weighted by Crippen LogP contribution is -2.30. The van der Waals surface area contributed by atoms with E-state index in [1.165, 1.54) is 12.1 Å². The fourth-order valence-electron chi connectivity index (χ4n) is 2.06. The van der Waals surface area contributed by atoms with E-state index in [-0.39, 0.29) is 23.2 Å². The van der Waals surface area contributed by atoms with Gasteiger partial charge >= 0.3 is 0 Å². The molecule has 21 heavy (non-hydrogen) atoms. The Kier molecular flexibility index (Phi) is 4.71. The monoisotopic (exact) mass is 287 g/mol. The molecule has 110 valence electrons. The van der Waals surface area contributed by atoms with E-state index in [9.17, 15) is 9.59 Å². The van der Waals surface area contributed by atoms with Crippen molar-refractivity contribution >= 4 is 5.91 Å². The summed E-state index contributed by atoms with van der Waals surface area (Å²) in [6.07, 6.45) is 0.704. The normalized spacial score (nSPS) is 11.7. The SMILES string of the molecule is CCC(NC(=O)c1ccc(=O)[nH]n1)c1ccccc1OC. The van der Waals surface area contributed by atoms with Gasteiger partial charge in [-0.1, -0.05) is 25.1 Å². The van der Waals surface area contributed by atoms with Crippen LogP contribution in [0.25, 0.3) is 0 Å². The van der Waals surface area contributed by atoms with Crippen LogP contribution in [0.15, 0.2) is 41.2 Å². The van der Waals surface area contributed by atoms with Crippen molar-refractivity contribution in [3.63, 3.8) is 0 Å². The Morgan fingerprint density at radius 2 is 2.10 bits per heavy atom. The number of nitrogens with zero attached hydrogens (tertiary/aromatic N) is 1. The van der Waals surface area contributed by atoms with E-state index in [4.69, 9.17) is 4.74 Å². The number of H-pyrrole nitrogens is 1. The summed E-state index contributed by atoms with van der Waals surface area (Å²) in [6.45, 7) is 1.97. The highest BCUT2D eigenvalue weighted by Gasteiger charge is 2.18. The molecule has 1 atom stereocenters. The summed E-state index contributed by atoms with van der Waals surface area (Å²) in [5, 5.41) is 8.85. The molecule has 1 unspecified atom stereocenters. The number of ether oxygens (including phenoxy) is 1. The fourth-order valence-corrected chi connectivity index (χ4v) is 2.06. The van der Waals surface area contributed by atoms with E-state index in [0.29, 0.717) is 6.42 Å². The van der Waals surface area contributed by atoms with Crippen LogP contribution in [0, 0.1) is 0 Å². The number of amides is 1. The molecule has 1 amide bonds. The van der Waals surface area contributed by atoms with E-state index < -0.39 is 0 Å². The van der Waals surface area contributed by atoms with Crippen LogP contribution in [-0.2, 0) is 0 Å². The molecule has 6 heteroatoms. The molecular formula is C15H17N3O3. The number of methoxy groups -OCH3 is 1. The molecule has 1 aromatic carbocycles. The number of benzene rings is 1. The van der Waals surface area contributed by atoms with Gasteiger partial charge in [0.05, 0.1) is 13.2 Å². The predicted molar refractivity (Wildman–Crippen MR) is 78.3 cm³/mol. The van der Waals surface area contributed by atoms with Crippen LogP contribution >= 0.6 is 0 Å². The van der Waals surface area contributed by atoms with Crippen LogP contribution < -0.4 is 15.6 Å². The van der Waals surface area contributed by atoms with Crippen molar-refractivity contribution in [1.29, 1.82) is 0 Å². The summed E-state index contributed by atoms with van der Waals surface area (Å²) in [7, 11) is 1.59. The van der Waals surface area contributed by atoms with Crippen molar-refractivity contribution < 1.29 is 9.53 Å². The van der Waals surface area contributed by atoms with Crippen molar-refractivity contribution in [2.75, 3.05) is 7.11 Å². The quantitative estimate of drug-likeness (QED) is 0.876. The maximum absolute atomic E-state index is 12.2. The maximum Gasteiger partial charge on any atom is 0.272 e. The van der Waals surface area contributed by atoms with Crippen molar-refractivity contribution in [3.8, 4) is 5.75 Å². The number of carbonyl (C=O) groups excluding carboxylic acids is 1. The summed E-state index contributed by atoms with van der Waals surface area (Å²) in [4.78, 5) is 23.1. The zero-order chi connectivity index (χ0) is 15.2.